The summed E-state index contributed by atoms with van der Waals surface area (Å²) in [6.45, 7) is 6.31. The van der Waals surface area contributed by atoms with Crippen LogP contribution in [0.3, 0.4) is 0 Å². The normalized spacial score (nSPS) is 19.1. The Morgan fingerprint density at radius 2 is 1.67 bits per heavy atom. The Morgan fingerprint density at radius 1 is 0.962 bits per heavy atom. The van der Waals surface area contributed by atoms with Crippen molar-refractivity contribution >= 4 is 45.8 Å². The SMILES string of the molecule is C[C@@H]1CCCCO[C@@H](CN(C)C(=O)Nc2cccc3ccccc23)[C@H](C)CN([C@@H](C)CO)C(=O)c2cc(NC(=O)Nc3ccc(F)cc3)ccc2O1. The van der Waals surface area contributed by atoms with Gasteiger partial charge in [0.25, 0.3) is 5.91 Å². The molecule has 4 atom stereocenters. The van der Waals surface area contributed by atoms with Gasteiger partial charge in [0.2, 0.25) is 0 Å². The Morgan fingerprint density at radius 3 is 2.44 bits per heavy atom. The summed E-state index contributed by atoms with van der Waals surface area (Å²) in [5.74, 6) is -0.705. The third-order valence-electron chi connectivity index (χ3n) is 9.24. The van der Waals surface area contributed by atoms with Crippen molar-refractivity contribution in [3.8, 4) is 5.75 Å². The molecule has 11 nitrogen and oxygen atoms in total. The molecule has 276 valence electrons. The molecule has 5 rings (SSSR count). The first-order chi connectivity index (χ1) is 25.0. The highest BCUT2D eigenvalue weighted by Gasteiger charge is 2.31. The number of halogens is 1. The summed E-state index contributed by atoms with van der Waals surface area (Å²) in [6, 6.07) is 22.4. The Balaban J connectivity index is 1.36. The van der Waals surface area contributed by atoms with E-state index in [9.17, 15) is 23.9 Å². The van der Waals surface area contributed by atoms with E-state index in [-0.39, 0.29) is 43.3 Å². The van der Waals surface area contributed by atoms with Crippen molar-refractivity contribution in [3.05, 3.63) is 96.3 Å². The molecule has 4 aromatic rings. The largest absolute Gasteiger partial charge is 0.490 e. The zero-order chi connectivity index (χ0) is 37.2. The standard InChI is InChI=1S/C40H48FN5O6/c1-26-23-46(27(2)25-47)38(48)34-22-32(43-39(49)42-31-17-15-30(41)16-18-31)19-20-36(34)52-28(3)10-7-8-21-51-37(26)24-45(4)40(50)44-35-14-9-12-29-11-5-6-13-33(29)35/h5-6,9,11-20,22,26-28,37,47H,7-8,10,21,23-25H2,1-4H3,(H,44,50)(H2,42,43,49)/t26-,27+,28-,37+/m1/s1. The maximum absolute atomic E-state index is 14.4. The second-order valence-electron chi connectivity index (χ2n) is 13.4. The van der Waals surface area contributed by atoms with E-state index in [1.807, 2.05) is 56.3 Å². The second-order valence-corrected chi connectivity index (χ2v) is 13.4. The number of aliphatic hydroxyl groups excluding tert-OH is 1. The van der Waals surface area contributed by atoms with Crippen molar-refractivity contribution < 1.29 is 33.4 Å². The average molecular weight is 714 g/mol. The first-order valence-electron chi connectivity index (χ1n) is 17.7. The third kappa shape index (κ3) is 9.98. The number of urea groups is 2. The van der Waals surface area contributed by atoms with Crippen LogP contribution in [-0.4, -0.2) is 84.5 Å². The Labute approximate surface area is 304 Å². The number of ether oxygens (including phenoxy) is 2. The van der Waals surface area contributed by atoms with Crippen molar-refractivity contribution in [2.24, 2.45) is 5.92 Å². The van der Waals surface area contributed by atoms with Gasteiger partial charge in [-0.3, -0.25) is 4.79 Å². The van der Waals surface area contributed by atoms with Gasteiger partial charge in [-0.2, -0.15) is 0 Å². The van der Waals surface area contributed by atoms with E-state index in [1.165, 1.54) is 24.3 Å². The van der Waals surface area contributed by atoms with Crippen LogP contribution in [0.25, 0.3) is 10.8 Å². The lowest BCUT2D eigenvalue weighted by molar-refractivity contribution is -0.0115. The molecule has 0 spiro atoms. The zero-order valence-corrected chi connectivity index (χ0v) is 30.1. The number of hydrogen-bond donors (Lipinski definition) is 4. The number of fused-ring (bicyclic) bond motifs is 2. The van der Waals surface area contributed by atoms with Gasteiger partial charge in [0, 0.05) is 49.4 Å². The molecule has 0 saturated heterocycles. The first kappa shape index (κ1) is 38.0. The van der Waals surface area contributed by atoms with Crippen LogP contribution in [-0.2, 0) is 4.74 Å². The van der Waals surface area contributed by atoms with Gasteiger partial charge in [-0.15, -0.1) is 0 Å². The van der Waals surface area contributed by atoms with E-state index < -0.39 is 29.9 Å². The van der Waals surface area contributed by atoms with E-state index in [2.05, 4.69) is 16.0 Å². The second kappa shape index (κ2) is 17.8. The van der Waals surface area contributed by atoms with Crippen molar-refractivity contribution in [2.75, 3.05) is 49.3 Å². The molecule has 0 unspecified atom stereocenters. The highest BCUT2D eigenvalue weighted by molar-refractivity contribution is 6.03. The van der Waals surface area contributed by atoms with Crippen LogP contribution in [0.15, 0.2) is 84.9 Å². The monoisotopic (exact) mass is 713 g/mol. The minimum atomic E-state index is -0.572. The van der Waals surface area contributed by atoms with E-state index >= 15 is 0 Å². The number of carbonyl (C=O) groups is 3. The maximum atomic E-state index is 14.4. The smallest absolute Gasteiger partial charge is 0.323 e. The van der Waals surface area contributed by atoms with Crippen LogP contribution < -0.4 is 20.7 Å². The third-order valence-corrected chi connectivity index (χ3v) is 9.24. The molecule has 1 heterocycles. The number of amides is 5. The molecular formula is C40H48FN5O6. The van der Waals surface area contributed by atoms with Gasteiger partial charge in [-0.05, 0) is 87.0 Å². The fourth-order valence-electron chi connectivity index (χ4n) is 6.19. The van der Waals surface area contributed by atoms with Crippen molar-refractivity contribution in [3.63, 3.8) is 0 Å². The molecule has 0 saturated carbocycles. The van der Waals surface area contributed by atoms with E-state index in [4.69, 9.17) is 9.47 Å². The predicted molar refractivity (Wildman–Crippen MR) is 202 cm³/mol. The highest BCUT2D eigenvalue weighted by Crippen LogP contribution is 2.29. The molecular weight excluding hydrogens is 665 g/mol. The molecule has 0 aromatic heterocycles. The molecule has 52 heavy (non-hydrogen) atoms. The van der Waals surface area contributed by atoms with Gasteiger partial charge in [-0.25, -0.2) is 14.0 Å². The van der Waals surface area contributed by atoms with Crippen LogP contribution in [0, 0.1) is 11.7 Å². The molecule has 0 bridgehead atoms. The molecule has 0 radical (unpaired) electrons. The van der Waals surface area contributed by atoms with Gasteiger partial charge in [0.1, 0.15) is 11.6 Å². The lowest BCUT2D eigenvalue weighted by Crippen LogP contribution is -2.48. The summed E-state index contributed by atoms with van der Waals surface area (Å²) in [4.78, 5) is 43.9. The number of benzene rings is 4. The van der Waals surface area contributed by atoms with Crippen molar-refractivity contribution in [2.45, 2.75) is 58.3 Å². The number of nitrogens with one attached hydrogen (secondary N) is 3. The highest BCUT2D eigenvalue weighted by atomic mass is 19.1. The molecule has 0 aliphatic carbocycles. The maximum Gasteiger partial charge on any atom is 0.323 e. The number of anilines is 3. The van der Waals surface area contributed by atoms with Crippen LogP contribution in [0.1, 0.15) is 50.4 Å². The Hall–Kier alpha value is -5.20. The summed E-state index contributed by atoms with van der Waals surface area (Å²) in [6.07, 6.45) is 1.65. The van der Waals surface area contributed by atoms with Gasteiger partial charge < -0.3 is 40.3 Å². The number of carbonyl (C=O) groups excluding carboxylic acids is 3. The van der Waals surface area contributed by atoms with Gasteiger partial charge in [-0.1, -0.05) is 43.3 Å². The number of nitrogens with zero attached hydrogens (tertiary/aromatic N) is 2. The quantitative estimate of drug-likeness (QED) is 0.156. The van der Waals surface area contributed by atoms with Gasteiger partial charge in [0.05, 0.1) is 36.1 Å². The van der Waals surface area contributed by atoms with Crippen LogP contribution in [0.2, 0.25) is 0 Å². The molecule has 4 aromatic carbocycles. The van der Waals surface area contributed by atoms with Crippen LogP contribution in [0.4, 0.5) is 31.0 Å². The predicted octanol–water partition coefficient (Wildman–Crippen LogP) is 7.58. The summed E-state index contributed by atoms with van der Waals surface area (Å²) in [5, 5.41) is 20.7. The fraction of sp³-hybridized carbons (Fsp3) is 0.375. The minimum Gasteiger partial charge on any atom is -0.490 e. The van der Waals surface area contributed by atoms with Gasteiger partial charge >= 0.3 is 12.1 Å². The summed E-state index contributed by atoms with van der Waals surface area (Å²) in [7, 11) is 1.72. The lowest BCUT2D eigenvalue weighted by atomic mass is 10.0. The van der Waals surface area contributed by atoms with E-state index in [1.54, 1.807) is 42.0 Å². The number of hydrogen-bond acceptors (Lipinski definition) is 6. The zero-order valence-electron chi connectivity index (χ0n) is 30.1. The van der Waals surface area contributed by atoms with Crippen LogP contribution in [0.5, 0.6) is 5.75 Å². The lowest BCUT2D eigenvalue weighted by Gasteiger charge is -2.35. The van der Waals surface area contributed by atoms with Crippen molar-refractivity contribution in [1.29, 1.82) is 0 Å². The van der Waals surface area contributed by atoms with Crippen LogP contribution >= 0.6 is 0 Å². The Kier molecular flexibility index (Phi) is 13.0. The Bertz CT molecular complexity index is 1830. The summed E-state index contributed by atoms with van der Waals surface area (Å²) >= 11 is 0. The first-order valence-corrected chi connectivity index (χ1v) is 17.7. The molecule has 4 N–H and O–H groups in total. The van der Waals surface area contributed by atoms with E-state index in [0.29, 0.717) is 35.8 Å². The molecule has 0 fully saturated rings. The van der Waals surface area contributed by atoms with Gasteiger partial charge in [0.15, 0.2) is 0 Å². The number of rotatable bonds is 7. The average Bonchev–Trinajstić information content (AvgIpc) is 3.13. The molecule has 12 heteroatoms. The number of aliphatic hydroxyl groups is 1. The summed E-state index contributed by atoms with van der Waals surface area (Å²) < 4.78 is 26.0. The van der Waals surface area contributed by atoms with Crippen molar-refractivity contribution in [1.82, 2.24) is 9.80 Å². The number of likely N-dealkylation sites (N-methyl/N-ethyl adjacent to an activating group) is 1. The topological polar surface area (TPSA) is 132 Å². The fourth-order valence-corrected chi connectivity index (χ4v) is 6.19. The minimum absolute atomic E-state index is 0.210. The molecule has 5 amide bonds. The van der Waals surface area contributed by atoms with E-state index in [0.717, 1.165) is 23.6 Å². The molecule has 1 aliphatic rings. The summed E-state index contributed by atoms with van der Waals surface area (Å²) in [5.41, 5.74) is 1.67. The molecule has 1 aliphatic heterocycles.